The minimum absolute atomic E-state index is 0.119. The molecule has 0 radical (unpaired) electrons. The van der Waals surface area contributed by atoms with Crippen LogP contribution in [0.4, 0.5) is 11.6 Å². The van der Waals surface area contributed by atoms with Crippen LogP contribution in [0.25, 0.3) is 16.6 Å². The molecule has 2 aliphatic rings. The summed E-state index contributed by atoms with van der Waals surface area (Å²) in [4.78, 5) is 13.7. The lowest BCUT2D eigenvalue weighted by Gasteiger charge is -2.35. The standard InChI is InChI=1S/C25H30N8O2/c1-30-15-21(13-28-30)18-4-5-22-23(14-29-33(22)16-18)31-6-8-32(9-7-31)25-26-11-20(12-27-25)24(34)19-3-2-10-35-17-19/h4-5,11-16,19,24,34H,2-3,6-10,17H2,1H3/t19-,24+/m1/s1. The fourth-order valence-corrected chi connectivity index (χ4v) is 5.04. The molecule has 2 atom stereocenters. The Bertz CT molecular complexity index is 1290. The Hall–Kier alpha value is -3.50. The zero-order valence-corrected chi connectivity index (χ0v) is 19.9. The maximum absolute atomic E-state index is 10.7. The number of aryl methyl sites for hydroxylation is 1. The van der Waals surface area contributed by atoms with Crippen molar-refractivity contribution in [3.8, 4) is 11.1 Å². The van der Waals surface area contributed by atoms with Crippen molar-refractivity contribution in [2.24, 2.45) is 13.0 Å². The third kappa shape index (κ3) is 4.35. The molecule has 10 nitrogen and oxygen atoms in total. The fourth-order valence-electron chi connectivity index (χ4n) is 5.04. The summed E-state index contributed by atoms with van der Waals surface area (Å²) < 4.78 is 9.26. The first-order chi connectivity index (χ1) is 17.2. The van der Waals surface area contributed by atoms with Crippen LogP contribution in [0.15, 0.2) is 49.3 Å². The predicted molar refractivity (Wildman–Crippen MR) is 132 cm³/mol. The second kappa shape index (κ2) is 9.27. The van der Waals surface area contributed by atoms with Gasteiger partial charge in [-0.15, -0.1) is 0 Å². The van der Waals surface area contributed by atoms with Crippen LogP contribution in [0.2, 0.25) is 0 Å². The molecule has 2 saturated heterocycles. The summed E-state index contributed by atoms with van der Waals surface area (Å²) in [5, 5.41) is 19.5. The predicted octanol–water partition coefficient (Wildman–Crippen LogP) is 2.31. The molecular weight excluding hydrogens is 444 g/mol. The molecule has 0 saturated carbocycles. The summed E-state index contributed by atoms with van der Waals surface area (Å²) in [5.74, 6) is 0.828. The van der Waals surface area contributed by atoms with Crippen LogP contribution in [-0.4, -0.2) is 73.9 Å². The van der Waals surface area contributed by atoms with Crippen molar-refractivity contribution in [2.75, 3.05) is 49.2 Å². The first-order valence-corrected chi connectivity index (χ1v) is 12.2. The second-order valence-corrected chi connectivity index (χ2v) is 9.39. The molecule has 182 valence electrons. The molecule has 6 rings (SSSR count). The van der Waals surface area contributed by atoms with E-state index in [9.17, 15) is 5.11 Å². The van der Waals surface area contributed by atoms with Gasteiger partial charge in [0.1, 0.15) is 0 Å². The van der Waals surface area contributed by atoms with Crippen molar-refractivity contribution in [3.05, 3.63) is 54.9 Å². The topological polar surface area (TPSA) is 96.8 Å². The highest BCUT2D eigenvalue weighted by Gasteiger charge is 2.25. The van der Waals surface area contributed by atoms with Gasteiger partial charge < -0.3 is 19.6 Å². The average Bonchev–Trinajstić information content (AvgIpc) is 3.55. The van der Waals surface area contributed by atoms with Gasteiger partial charge in [-0.3, -0.25) is 4.68 Å². The number of aliphatic hydroxyl groups excluding tert-OH is 1. The number of aromatic nitrogens is 6. The van der Waals surface area contributed by atoms with Gasteiger partial charge in [-0.1, -0.05) is 6.07 Å². The number of piperazine rings is 1. The van der Waals surface area contributed by atoms with E-state index in [1.54, 1.807) is 17.1 Å². The maximum Gasteiger partial charge on any atom is 0.225 e. The highest BCUT2D eigenvalue weighted by molar-refractivity contribution is 5.75. The monoisotopic (exact) mass is 474 g/mol. The SMILES string of the molecule is Cn1cc(-c2ccc3c(N4CCN(c5ncc([C@@H](O)[C@@H]6CCCOC6)cn5)CC4)cnn3c2)cn1. The van der Waals surface area contributed by atoms with Crippen molar-refractivity contribution in [3.63, 3.8) is 0 Å². The Morgan fingerprint density at radius 2 is 1.74 bits per heavy atom. The van der Waals surface area contributed by atoms with Gasteiger partial charge in [0.05, 0.1) is 36.3 Å². The van der Waals surface area contributed by atoms with Crippen LogP contribution < -0.4 is 9.80 Å². The van der Waals surface area contributed by atoms with Crippen LogP contribution in [0, 0.1) is 5.92 Å². The van der Waals surface area contributed by atoms with Gasteiger partial charge in [0.2, 0.25) is 5.95 Å². The lowest BCUT2D eigenvalue weighted by Crippen LogP contribution is -2.47. The van der Waals surface area contributed by atoms with Crippen LogP contribution in [0.3, 0.4) is 0 Å². The Balaban J connectivity index is 1.11. The summed E-state index contributed by atoms with van der Waals surface area (Å²) in [5.41, 5.74) is 5.15. The molecule has 1 N–H and O–H groups in total. The van der Waals surface area contributed by atoms with Gasteiger partial charge in [-0.2, -0.15) is 10.2 Å². The molecule has 0 unspecified atom stereocenters. The molecule has 2 aliphatic heterocycles. The van der Waals surface area contributed by atoms with Gasteiger partial charge in [0.25, 0.3) is 0 Å². The van der Waals surface area contributed by atoms with Crippen molar-refractivity contribution in [2.45, 2.75) is 18.9 Å². The quantitative estimate of drug-likeness (QED) is 0.471. The first kappa shape index (κ1) is 22.0. The number of rotatable bonds is 5. The average molecular weight is 475 g/mol. The van der Waals surface area contributed by atoms with Crippen LogP contribution in [-0.2, 0) is 11.8 Å². The molecule has 4 aromatic rings. The van der Waals surface area contributed by atoms with Gasteiger partial charge in [-0.25, -0.2) is 14.5 Å². The molecule has 35 heavy (non-hydrogen) atoms. The highest BCUT2D eigenvalue weighted by Crippen LogP contribution is 2.29. The van der Waals surface area contributed by atoms with E-state index in [1.807, 2.05) is 30.2 Å². The molecular formula is C25H30N8O2. The normalized spacial score (nSPS) is 19.9. The van der Waals surface area contributed by atoms with Crippen LogP contribution in [0.5, 0.6) is 0 Å². The molecule has 0 bridgehead atoms. The zero-order valence-electron chi connectivity index (χ0n) is 19.9. The van der Waals surface area contributed by atoms with Gasteiger partial charge in [0, 0.05) is 87.2 Å². The largest absolute Gasteiger partial charge is 0.388 e. The Kier molecular flexibility index (Phi) is 5.83. The molecule has 4 aromatic heterocycles. The second-order valence-electron chi connectivity index (χ2n) is 9.39. The molecule has 0 spiro atoms. The van der Waals surface area contributed by atoms with E-state index in [0.29, 0.717) is 12.6 Å². The van der Waals surface area contributed by atoms with E-state index in [2.05, 4.69) is 48.3 Å². The third-order valence-electron chi connectivity index (χ3n) is 7.08. The van der Waals surface area contributed by atoms with Crippen molar-refractivity contribution in [1.82, 2.24) is 29.4 Å². The summed E-state index contributed by atoms with van der Waals surface area (Å²) in [6.07, 6.45) is 12.8. The van der Waals surface area contributed by atoms with E-state index >= 15 is 0 Å². The minimum Gasteiger partial charge on any atom is -0.388 e. The van der Waals surface area contributed by atoms with Crippen LogP contribution >= 0.6 is 0 Å². The zero-order chi connectivity index (χ0) is 23.8. The summed E-state index contributed by atoms with van der Waals surface area (Å²) >= 11 is 0. The van der Waals surface area contributed by atoms with E-state index < -0.39 is 6.10 Å². The molecule has 0 aromatic carbocycles. The van der Waals surface area contributed by atoms with Gasteiger partial charge in [-0.05, 0) is 18.9 Å². The smallest absolute Gasteiger partial charge is 0.225 e. The van der Waals surface area contributed by atoms with E-state index in [1.165, 1.54) is 0 Å². The van der Waals surface area contributed by atoms with Gasteiger partial charge in [0.15, 0.2) is 0 Å². The van der Waals surface area contributed by atoms with Gasteiger partial charge >= 0.3 is 0 Å². The number of aliphatic hydroxyl groups is 1. The lowest BCUT2D eigenvalue weighted by atomic mass is 9.92. The van der Waals surface area contributed by atoms with Crippen LogP contribution in [0.1, 0.15) is 24.5 Å². The Labute approximate surface area is 203 Å². The maximum atomic E-state index is 10.7. The lowest BCUT2D eigenvalue weighted by molar-refractivity contribution is -0.0102. The number of hydrogen-bond acceptors (Lipinski definition) is 8. The Morgan fingerprint density at radius 1 is 0.943 bits per heavy atom. The van der Waals surface area contributed by atoms with E-state index in [4.69, 9.17) is 4.74 Å². The van der Waals surface area contributed by atoms with E-state index in [-0.39, 0.29) is 5.92 Å². The summed E-state index contributed by atoms with van der Waals surface area (Å²) in [6.45, 7) is 4.75. The van der Waals surface area contributed by atoms with E-state index in [0.717, 1.165) is 73.5 Å². The minimum atomic E-state index is -0.574. The van der Waals surface area contributed by atoms with Crippen molar-refractivity contribution >= 4 is 17.2 Å². The number of nitrogens with zero attached hydrogens (tertiary/aromatic N) is 8. The number of pyridine rings is 1. The number of fused-ring (bicyclic) bond motifs is 1. The molecule has 0 amide bonds. The number of hydrogen-bond donors (Lipinski definition) is 1. The number of anilines is 2. The molecule has 0 aliphatic carbocycles. The highest BCUT2D eigenvalue weighted by atomic mass is 16.5. The van der Waals surface area contributed by atoms with Crippen molar-refractivity contribution in [1.29, 1.82) is 0 Å². The summed E-state index contributed by atoms with van der Waals surface area (Å²) in [6, 6.07) is 4.25. The Morgan fingerprint density at radius 3 is 2.46 bits per heavy atom. The molecule has 6 heterocycles. The molecule has 2 fully saturated rings. The van der Waals surface area contributed by atoms with Crippen molar-refractivity contribution < 1.29 is 9.84 Å². The number of ether oxygens (including phenoxy) is 1. The first-order valence-electron chi connectivity index (χ1n) is 12.2. The third-order valence-corrected chi connectivity index (χ3v) is 7.08. The fraction of sp³-hybridized carbons (Fsp3) is 0.440. The summed E-state index contributed by atoms with van der Waals surface area (Å²) in [7, 11) is 1.92. The molecule has 10 heteroatoms.